The van der Waals surface area contributed by atoms with Gasteiger partial charge in [-0.3, -0.25) is 9.59 Å². The van der Waals surface area contributed by atoms with Crippen LogP contribution in [0.4, 0.5) is 5.69 Å². The van der Waals surface area contributed by atoms with Crippen LogP contribution in [0.2, 0.25) is 10.0 Å². The van der Waals surface area contributed by atoms with Gasteiger partial charge in [0.2, 0.25) is 11.1 Å². The van der Waals surface area contributed by atoms with Crippen LogP contribution in [-0.4, -0.2) is 49.6 Å². The van der Waals surface area contributed by atoms with E-state index in [1.165, 1.54) is 29.2 Å². The zero-order valence-corrected chi connectivity index (χ0v) is 21.3. The van der Waals surface area contributed by atoms with E-state index in [1.54, 1.807) is 26.0 Å². The first-order valence-corrected chi connectivity index (χ1v) is 12.5. The molecule has 35 heavy (non-hydrogen) atoms. The number of carbonyl (C=O) groups excluding carboxylic acids is 1. The topological polar surface area (TPSA) is 119 Å². The minimum Gasteiger partial charge on any atom is -0.492 e. The summed E-state index contributed by atoms with van der Waals surface area (Å²) in [7, 11) is 0. The highest BCUT2D eigenvalue weighted by atomic mass is 35.5. The molecule has 1 saturated carbocycles. The third-order valence-electron chi connectivity index (χ3n) is 5.42. The number of hydrogen-bond donors (Lipinski definition) is 2. The summed E-state index contributed by atoms with van der Waals surface area (Å²) in [5.74, 6) is -0.243. The fourth-order valence-corrected chi connectivity index (χ4v) is 4.29. The van der Waals surface area contributed by atoms with Gasteiger partial charge in [-0.05, 0) is 72.9 Å². The van der Waals surface area contributed by atoms with Gasteiger partial charge in [-0.1, -0.05) is 41.0 Å². The second kappa shape index (κ2) is 10.4. The monoisotopic (exact) mass is 535 g/mol. The fourth-order valence-electron chi connectivity index (χ4n) is 3.11. The molecule has 12 heteroatoms. The molecule has 1 aliphatic rings. The van der Waals surface area contributed by atoms with E-state index in [-0.39, 0.29) is 23.3 Å². The summed E-state index contributed by atoms with van der Waals surface area (Å²) in [6.07, 6.45) is 2.36. The smallest absolute Gasteiger partial charge is 0.312 e. The second-order valence-electron chi connectivity index (χ2n) is 8.81. The van der Waals surface area contributed by atoms with Crippen LogP contribution in [0.15, 0.2) is 41.6 Å². The van der Waals surface area contributed by atoms with Crippen molar-refractivity contribution in [3.63, 3.8) is 0 Å². The van der Waals surface area contributed by atoms with Crippen LogP contribution in [0.5, 0.6) is 5.75 Å². The molecule has 1 aromatic heterocycles. The minimum atomic E-state index is -1.05. The summed E-state index contributed by atoms with van der Waals surface area (Å²) in [5.41, 5.74) is 1.21. The molecule has 0 unspecified atom stereocenters. The van der Waals surface area contributed by atoms with Crippen molar-refractivity contribution in [1.82, 2.24) is 20.2 Å². The number of thioether (sulfide) groups is 1. The summed E-state index contributed by atoms with van der Waals surface area (Å²) in [4.78, 5) is 23.7. The molecule has 0 bridgehead atoms. The molecule has 1 amide bonds. The Hall–Kier alpha value is -2.82. The normalized spacial score (nSPS) is 13.5. The van der Waals surface area contributed by atoms with Gasteiger partial charge in [0.1, 0.15) is 12.4 Å². The molecule has 0 atom stereocenters. The Kier molecular flexibility index (Phi) is 7.53. The highest BCUT2D eigenvalue weighted by Gasteiger charge is 2.28. The third kappa shape index (κ3) is 6.25. The maximum atomic E-state index is 12.5. The lowest BCUT2D eigenvalue weighted by Crippen LogP contribution is -2.30. The number of hydrogen-bond acceptors (Lipinski definition) is 7. The number of rotatable bonds is 10. The molecule has 1 aliphatic carbocycles. The van der Waals surface area contributed by atoms with E-state index in [9.17, 15) is 14.7 Å². The molecule has 4 rings (SSSR count). The number of amides is 1. The van der Waals surface area contributed by atoms with Gasteiger partial charge < -0.3 is 15.2 Å². The SMILES string of the molecule is CC(C)(COc1ccc(NC(=O)CSc2nnnn2-c2ccc(C3CC3)cc2Cl)c(Cl)c1)C(=O)O. The molecule has 184 valence electrons. The third-order valence-corrected chi connectivity index (χ3v) is 6.95. The molecule has 0 spiro atoms. The number of tetrazole rings is 1. The van der Waals surface area contributed by atoms with E-state index >= 15 is 0 Å². The van der Waals surface area contributed by atoms with Crippen LogP contribution >= 0.6 is 35.0 Å². The Labute approximate surface area is 216 Å². The molecule has 2 N–H and O–H groups in total. The van der Waals surface area contributed by atoms with Crippen LogP contribution in [-0.2, 0) is 9.59 Å². The number of carboxylic acid groups (broad SMARTS) is 1. The quantitative estimate of drug-likeness (QED) is 0.345. The van der Waals surface area contributed by atoms with Crippen molar-refractivity contribution < 1.29 is 19.4 Å². The van der Waals surface area contributed by atoms with Gasteiger partial charge in [-0.25, -0.2) is 0 Å². The van der Waals surface area contributed by atoms with Crippen molar-refractivity contribution in [1.29, 1.82) is 0 Å². The van der Waals surface area contributed by atoms with Gasteiger partial charge >= 0.3 is 5.97 Å². The molecule has 2 aromatic carbocycles. The highest BCUT2D eigenvalue weighted by Crippen LogP contribution is 2.41. The average molecular weight is 536 g/mol. The molecule has 0 radical (unpaired) electrons. The van der Waals surface area contributed by atoms with Gasteiger partial charge in [-0.15, -0.1) is 5.10 Å². The number of aliphatic carboxylic acids is 1. The summed E-state index contributed by atoms with van der Waals surface area (Å²) in [6, 6.07) is 10.6. The Morgan fingerprint density at radius 2 is 1.97 bits per heavy atom. The largest absolute Gasteiger partial charge is 0.492 e. The van der Waals surface area contributed by atoms with Crippen molar-refractivity contribution >= 4 is 52.5 Å². The standard InChI is InChI=1S/C23H23Cl2N5O4S/c1-23(2,21(32)33)12-34-15-6-7-18(16(24)10-15)26-20(31)11-35-22-27-28-29-30(22)19-8-5-14(9-17(19)25)13-3-4-13/h5-10,13H,3-4,11-12H2,1-2H3,(H,26,31)(H,32,33). The maximum Gasteiger partial charge on any atom is 0.312 e. The number of ether oxygens (including phenoxy) is 1. The summed E-state index contributed by atoms with van der Waals surface area (Å²) < 4.78 is 7.05. The number of carboxylic acids is 1. The van der Waals surface area contributed by atoms with Crippen molar-refractivity contribution in [3.05, 3.63) is 52.0 Å². The van der Waals surface area contributed by atoms with Crippen LogP contribution in [0.3, 0.4) is 0 Å². The van der Waals surface area contributed by atoms with Gasteiger partial charge in [0.05, 0.1) is 32.6 Å². The second-order valence-corrected chi connectivity index (χ2v) is 10.6. The van der Waals surface area contributed by atoms with Gasteiger partial charge in [0, 0.05) is 6.07 Å². The number of nitrogens with one attached hydrogen (secondary N) is 1. The van der Waals surface area contributed by atoms with E-state index in [4.69, 9.17) is 27.9 Å². The predicted molar refractivity (Wildman–Crippen MR) is 134 cm³/mol. The van der Waals surface area contributed by atoms with Gasteiger partial charge in [-0.2, -0.15) is 4.68 Å². The minimum absolute atomic E-state index is 0.0248. The maximum absolute atomic E-state index is 12.5. The molecule has 1 fully saturated rings. The lowest BCUT2D eigenvalue weighted by molar-refractivity contribution is -0.148. The number of nitrogens with zero attached hydrogens (tertiary/aromatic N) is 4. The lowest BCUT2D eigenvalue weighted by atomic mass is 9.95. The highest BCUT2D eigenvalue weighted by molar-refractivity contribution is 7.99. The van der Waals surface area contributed by atoms with E-state index in [0.29, 0.717) is 33.2 Å². The van der Waals surface area contributed by atoms with Crippen LogP contribution in [0, 0.1) is 5.41 Å². The average Bonchev–Trinajstić information content (AvgIpc) is 3.56. The van der Waals surface area contributed by atoms with Crippen molar-refractivity contribution in [3.8, 4) is 11.4 Å². The molecular formula is C23H23Cl2N5O4S. The van der Waals surface area contributed by atoms with E-state index in [1.807, 2.05) is 18.2 Å². The zero-order valence-electron chi connectivity index (χ0n) is 19.0. The summed E-state index contributed by atoms with van der Waals surface area (Å²) >= 11 is 13.9. The number of carbonyl (C=O) groups is 2. The summed E-state index contributed by atoms with van der Waals surface area (Å²) in [5, 5.41) is 24.9. The van der Waals surface area contributed by atoms with Crippen LogP contribution in [0.1, 0.15) is 38.2 Å². The molecule has 0 saturated heterocycles. The van der Waals surface area contributed by atoms with E-state index in [0.717, 1.165) is 11.8 Å². The lowest BCUT2D eigenvalue weighted by Gasteiger charge is -2.19. The van der Waals surface area contributed by atoms with Crippen molar-refractivity contribution in [2.75, 3.05) is 17.7 Å². The fraction of sp³-hybridized carbons (Fsp3) is 0.348. The number of aromatic nitrogens is 4. The first kappa shape index (κ1) is 25.3. The molecular weight excluding hydrogens is 513 g/mol. The van der Waals surface area contributed by atoms with Gasteiger partial charge in [0.15, 0.2) is 0 Å². The van der Waals surface area contributed by atoms with Crippen LogP contribution < -0.4 is 10.1 Å². The van der Waals surface area contributed by atoms with Crippen molar-refractivity contribution in [2.45, 2.75) is 37.8 Å². The van der Waals surface area contributed by atoms with E-state index < -0.39 is 11.4 Å². The molecule has 1 heterocycles. The zero-order chi connectivity index (χ0) is 25.2. The first-order valence-electron chi connectivity index (χ1n) is 10.8. The van der Waals surface area contributed by atoms with Crippen LogP contribution in [0.25, 0.3) is 5.69 Å². The van der Waals surface area contributed by atoms with E-state index in [2.05, 4.69) is 20.8 Å². The Balaban J connectivity index is 1.35. The number of benzene rings is 2. The molecule has 0 aliphatic heterocycles. The Morgan fingerprint density at radius 1 is 1.20 bits per heavy atom. The van der Waals surface area contributed by atoms with Crippen molar-refractivity contribution in [2.24, 2.45) is 5.41 Å². The summed E-state index contributed by atoms with van der Waals surface area (Å²) in [6.45, 7) is 3.11. The van der Waals surface area contributed by atoms with Gasteiger partial charge in [0.25, 0.3) is 0 Å². The molecule has 3 aromatic rings. The Bertz CT molecular complexity index is 1260. The predicted octanol–water partition coefficient (Wildman–Crippen LogP) is 5.07. The first-order chi connectivity index (χ1) is 16.6. The molecule has 9 nitrogen and oxygen atoms in total. The number of halogens is 2. The Morgan fingerprint density at radius 3 is 2.63 bits per heavy atom. The number of anilines is 1.